The Morgan fingerprint density at radius 3 is 2.89 bits per heavy atom. The first-order valence-corrected chi connectivity index (χ1v) is 7.26. The smallest absolute Gasteiger partial charge is 0.0717 e. The Labute approximate surface area is 116 Å². The van der Waals surface area contributed by atoms with Crippen LogP contribution in [0.1, 0.15) is 25.3 Å². The second-order valence-corrected chi connectivity index (χ2v) is 6.08. The van der Waals surface area contributed by atoms with Gasteiger partial charge in [0.15, 0.2) is 0 Å². The lowest BCUT2D eigenvalue weighted by molar-refractivity contribution is 0.0740. The molecule has 0 heterocycles. The number of hydrogen-bond donors (Lipinski definition) is 0. The highest BCUT2D eigenvalue weighted by atomic mass is 16.5. The molecule has 19 heavy (non-hydrogen) atoms. The highest BCUT2D eigenvalue weighted by Gasteiger charge is 2.42. The van der Waals surface area contributed by atoms with Gasteiger partial charge in [-0.3, -0.25) is 0 Å². The van der Waals surface area contributed by atoms with Gasteiger partial charge in [0.05, 0.1) is 13.2 Å². The van der Waals surface area contributed by atoms with Crippen LogP contribution in [0.25, 0.3) is 0 Å². The molecule has 100 valence electrons. The van der Waals surface area contributed by atoms with Gasteiger partial charge < -0.3 is 4.74 Å². The van der Waals surface area contributed by atoms with Crippen molar-refractivity contribution in [3.05, 3.63) is 60.2 Å². The first-order valence-electron chi connectivity index (χ1n) is 7.26. The number of ether oxygens (including phenoxy) is 1. The average molecular weight is 254 g/mol. The lowest BCUT2D eigenvalue weighted by atomic mass is 9.74. The van der Waals surface area contributed by atoms with Crippen LogP contribution in [0, 0.1) is 17.3 Å². The van der Waals surface area contributed by atoms with Gasteiger partial charge in [0.2, 0.25) is 0 Å². The molecule has 2 aliphatic carbocycles. The first-order chi connectivity index (χ1) is 9.28. The minimum absolute atomic E-state index is 0.371. The summed E-state index contributed by atoms with van der Waals surface area (Å²) < 4.78 is 5.94. The van der Waals surface area contributed by atoms with Gasteiger partial charge in [0.1, 0.15) is 0 Å². The van der Waals surface area contributed by atoms with Crippen molar-refractivity contribution in [2.24, 2.45) is 17.3 Å². The van der Waals surface area contributed by atoms with E-state index in [9.17, 15) is 0 Å². The zero-order chi connectivity index (χ0) is 13.1. The molecule has 0 unspecified atom stereocenters. The Hall–Kier alpha value is -1.34. The van der Waals surface area contributed by atoms with Crippen LogP contribution in [-0.2, 0) is 11.3 Å². The zero-order valence-electron chi connectivity index (χ0n) is 11.6. The van der Waals surface area contributed by atoms with E-state index < -0.39 is 0 Å². The fraction of sp³-hybridized carbons (Fsp3) is 0.444. The van der Waals surface area contributed by atoms with E-state index in [-0.39, 0.29) is 0 Å². The maximum atomic E-state index is 5.94. The molecule has 0 aromatic heterocycles. The average Bonchev–Trinajstić information content (AvgIpc) is 2.77. The molecule has 3 rings (SSSR count). The zero-order valence-corrected chi connectivity index (χ0v) is 11.6. The van der Waals surface area contributed by atoms with Crippen LogP contribution in [0.15, 0.2) is 54.6 Å². The SMILES string of the molecule is C[C@@]12C=CC=C[C@@H]1[C@H](COCc1ccccc1)CC2. The number of fused-ring (bicyclic) bond motifs is 1. The van der Waals surface area contributed by atoms with Crippen LogP contribution in [0.3, 0.4) is 0 Å². The third-order valence-corrected chi connectivity index (χ3v) is 4.67. The molecule has 3 atom stereocenters. The highest BCUT2D eigenvalue weighted by Crippen LogP contribution is 2.50. The van der Waals surface area contributed by atoms with E-state index >= 15 is 0 Å². The molecule has 1 fully saturated rings. The molecule has 0 amide bonds. The van der Waals surface area contributed by atoms with Crippen molar-refractivity contribution in [1.82, 2.24) is 0 Å². The van der Waals surface area contributed by atoms with Gasteiger partial charge in [-0.1, -0.05) is 61.6 Å². The number of benzene rings is 1. The molecule has 0 saturated heterocycles. The summed E-state index contributed by atoms with van der Waals surface area (Å²) in [4.78, 5) is 0. The van der Waals surface area contributed by atoms with Crippen molar-refractivity contribution in [2.45, 2.75) is 26.4 Å². The molecule has 0 spiro atoms. The molecule has 1 nitrogen and oxygen atoms in total. The summed E-state index contributed by atoms with van der Waals surface area (Å²) in [5, 5.41) is 0. The second kappa shape index (κ2) is 5.34. The van der Waals surface area contributed by atoms with Gasteiger partial charge >= 0.3 is 0 Å². The summed E-state index contributed by atoms with van der Waals surface area (Å²) in [5.74, 6) is 1.34. The van der Waals surface area contributed by atoms with E-state index in [1.165, 1.54) is 18.4 Å². The molecule has 0 bridgehead atoms. The first kappa shape index (κ1) is 12.7. The van der Waals surface area contributed by atoms with E-state index in [2.05, 4.69) is 55.5 Å². The highest BCUT2D eigenvalue weighted by molar-refractivity contribution is 5.22. The standard InChI is InChI=1S/C18H22O/c1-18-11-6-5-9-17(18)16(10-12-18)14-19-13-15-7-3-2-4-8-15/h2-9,11,16-17H,10,12-14H2,1H3/t16-,17+,18-/m0/s1. The minimum Gasteiger partial charge on any atom is -0.376 e. The molecular formula is C18H22O. The van der Waals surface area contributed by atoms with Crippen LogP contribution >= 0.6 is 0 Å². The van der Waals surface area contributed by atoms with Gasteiger partial charge in [-0.25, -0.2) is 0 Å². The number of hydrogen-bond acceptors (Lipinski definition) is 1. The Morgan fingerprint density at radius 2 is 2.05 bits per heavy atom. The van der Waals surface area contributed by atoms with Crippen LogP contribution < -0.4 is 0 Å². The van der Waals surface area contributed by atoms with Crippen molar-refractivity contribution in [3.8, 4) is 0 Å². The van der Waals surface area contributed by atoms with Crippen molar-refractivity contribution >= 4 is 0 Å². The lowest BCUT2D eigenvalue weighted by Crippen LogP contribution is -2.25. The quantitative estimate of drug-likeness (QED) is 0.775. The van der Waals surface area contributed by atoms with Gasteiger partial charge in [0, 0.05) is 0 Å². The summed E-state index contributed by atoms with van der Waals surface area (Å²) in [5.41, 5.74) is 1.64. The maximum absolute atomic E-state index is 5.94. The van der Waals surface area contributed by atoms with Crippen molar-refractivity contribution in [3.63, 3.8) is 0 Å². The fourth-order valence-corrected chi connectivity index (χ4v) is 3.50. The van der Waals surface area contributed by atoms with E-state index in [4.69, 9.17) is 4.74 Å². The van der Waals surface area contributed by atoms with Gasteiger partial charge in [0.25, 0.3) is 0 Å². The molecule has 0 radical (unpaired) electrons. The largest absolute Gasteiger partial charge is 0.376 e. The van der Waals surface area contributed by atoms with E-state index in [0.717, 1.165) is 13.2 Å². The Morgan fingerprint density at radius 1 is 1.21 bits per heavy atom. The molecule has 1 heteroatoms. The second-order valence-electron chi connectivity index (χ2n) is 6.08. The Bertz CT molecular complexity index is 474. The van der Waals surface area contributed by atoms with Crippen LogP contribution in [0.2, 0.25) is 0 Å². The van der Waals surface area contributed by atoms with Gasteiger partial charge in [-0.05, 0) is 35.7 Å². The molecule has 0 N–H and O–H groups in total. The van der Waals surface area contributed by atoms with Crippen LogP contribution in [-0.4, -0.2) is 6.61 Å². The summed E-state index contributed by atoms with van der Waals surface area (Å²) in [7, 11) is 0. The monoisotopic (exact) mass is 254 g/mol. The predicted octanol–water partition coefficient (Wildman–Crippen LogP) is 4.36. The van der Waals surface area contributed by atoms with Crippen molar-refractivity contribution in [1.29, 1.82) is 0 Å². The summed E-state index contributed by atoms with van der Waals surface area (Å²) in [6.45, 7) is 4.00. The summed E-state index contributed by atoms with van der Waals surface area (Å²) in [6, 6.07) is 10.4. The third-order valence-electron chi connectivity index (χ3n) is 4.67. The summed E-state index contributed by atoms with van der Waals surface area (Å²) in [6.07, 6.45) is 11.7. The lowest BCUT2D eigenvalue weighted by Gasteiger charge is -2.31. The van der Waals surface area contributed by atoms with Crippen molar-refractivity contribution in [2.75, 3.05) is 6.61 Å². The van der Waals surface area contributed by atoms with E-state index in [0.29, 0.717) is 17.3 Å². The normalized spacial score (nSPS) is 32.5. The fourth-order valence-electron chi connectivity index (χ4n) is 3.50. The molecule has 2 aliphatic rings. The molecular weight excluding hydrogens is 232 g/mol. The number of rotatable bonds is 4. The Balaban J connectivity index is 1.54. The molecule has 1 saturated carbocycles. The maximum Gasteiger partial charge on any atom is 0.0717 e. The van der Waals surface area contributed by atoms with Crippen LogP contribution in [0.5, 0.6) is 0 Å². The van der Waals surface area contributed by atoms with Crippen molar-refractivity contribution < 1.29 is 4.74 Å². The molecule has 1 aromatic rings. The van der Waals surface area contributed by atoms with Crippen LogP contribution in [0.4, 0.5) is 0 Å². The minimum atomic E-state index is 0.371. The Kier molecular flexibility index (Phi) is 3.56. The number of allylic oxidation sites excluding steroid dienone is 4. The van der Waals surface area contributed by atoms with E-state index in [1.54, 1.807) is 0 Å². The van der Waals surface area contributed by atoms with Gasteiger partial charge in [-0.2, -0.15) is 0 Å². The predicted molar refractivity (Wildman–Crippen MR) is 78.7 cm³/mol. The molecule has 0 aliphatic heterocycles. The summed E-state index contributed by atoms with van der Waals surface area (Å²) >= 11 is 0. The molecule has 1 aromatic carbocycles. The van der Waals surface area contributed by atoms with Gasteiger partial charge in [-0.15, -0.1) is 0 Å². The third kappa shape index (κ3) is 2.66. The van der Waals surface area contributed by atoms with E-state index in [1.807, 2.05) is 6.07 Å². The topological polar surface area (TPSA) is 9.23 Å².